The van der Waals surface area contributed by atoms with Crippen molar-refractivity contribution in [2.24, 2.45) is 0 Å². The molecular formula is C11H22N2. The van der Waals surface area contributed by atoms with Gasteiger partial charge in [0.1, 0.15) is 0 Å². The second-order valence-electron chi connectivity index (χ2n) is 3.91. The molecule has 2 atom stereocenters. The first-order chi connectivity index (χ1) is 6.34. The molecule has 1 rings (SSSR count). The zero-order chi connectivity index (χ0) is 10.1. The van der Waals surface area contributed by atoms with E-state index in [1.165, 1.54) is 45.2 Å². The molecule has 0 aliphatic carbocycles. The summed E-state index contributed by atoms with van der Waals surface area (Å²) in [5.41, 5.74) is 0. The molecule has 13 heavy (non-hydrogen) atoms. The molecule has 1 fully saturated rings. The first kappa shape index (κ1) is 12.4. The molecule has 1 aliphatic rings. The molecule has 1 aliphatic heterocycles. The molecule has 0 bridgehead atoms. The summed E-state index contributed by atoms with van der Waals surface area (Å²) >= 11 is 0. The Morgan fingerprint density at radius 3 is 2.62 bits per heavy atom. The number of unbranched alkanes of at least 4 members (excludes halogenated alkanes) is 1. The molecule has 1 N–H and O–H groups in total. The molecular weight excluding hydrogens is 160 g/mol. The number of nitrogens with zero attached hydrogens (tertiary/aromatic N) is 1. The Bertz CT molecular complexity index is 131. The van der Waals surface area contributed by atoms with E-state index in [4.69, 9.17) is 11.8 Å². The molecule has 1 saturated heterocycles. The van der Waals surface area contributed by atoms with E-state index >= 15 is 0 Å². The minimum Gasteiger partial charge on any atom is -0.512 e. The summed E-state index contributed by atoms with van der Waals surface area (Å²) in [4.78, 5) is 1.86. The Morgan fingerprint density at radius 2 is 2.08 bits per heavy atom. The van der Waals surface area contributed by atoms with Crippen molar-refractivity contribution < 1.29 is 4.90 Å². The molecule has 2 nitrogen and oxygen atoms in total. The van der Waals surface area contributed by atoms with Gasteiger partial charge < -0.3 is 16.7 Å². The average molecular weight is 182 g/mol. The van der Waals surface area contributed by atoms with Crippen molar-refractivity contribution in [3.8, 4) is 0 Å². The van der Waals surface area contributed by atoms with E-state index < -0.39 is 0 Å². The van der Waals surface area contributed by atoms with Crippen molar-refractivity contribution >= 4 is 0 Å². The second-order valence-corrected chi connectivity index (χ2v) is 3.91. The van der Waals surface area contributed by atoms with Gasteiger partial charge in [-0.2, -0.15) is 0 Å². The second kappa shape index (κ2) is 8.07. The molecule has 76 valence electrons. The van der Waals surface area contributed by atoms with Crippen LogP contribution in [0.2, 0.25) is 0 Å². The first-order valence-corrected chi connectivity index (χ1v) is 5.41. The number of hydrogen-bond donors (Lipinski definition) is 1. The monoisotopic (exact) mass is 182 g/mol. The smallest absolute Gasteiger partial charge is 0.0846 e. The fourth-order valence-electron chi connectivity index (χ4n) is 2.03. The maximum absolute atomic E-state index is 6.25. The van der Waals surface area contributed by atoms with Gasteiger partial charge in [0.25, 0.3) is 0 Å². The SMILES string of the molecule is CCCC[NH+]1CCCCC1C.[C-]#N. The minimum absolute atomic E-state index is 0.940. The predicted molar refractivity (Wildman–Crippen MR) is 53.9 cm³/mol. The van der Waals surface area contributed by atoms with Crippen LogP contribution in [0.1, 0.15) is 46.0 Å². The third-order valence-electron chi connectivity index (χ3n) is 2.93. The Kier molecular flexibility index (Phi) is 7.73. The number of quaternary nitrogens is 1. The van der Waals surface area contributed by atoms with Crippen molar-refractivity contribution in [3.63, 3.8) is 0 Å². The highest BCUT2D eigenvalue weighted by atomic mass is 15.1. The molecule has 1 heterocycles. The lowest BCUT2D eigenvalue weighted by Crippen LogP contribution is -3.16. The highest BCUT2D eigenvalue weighted by Crippen LogP contribution is 2.01. The lowest BCUT2D eigenvalue weighted by molar-refractivity contribution is -0.928. The van der Waals surface area contributed by atoms with Gasteiger partial charge in [0.15, 0.2) is 0 Å². The first-order valence-electron chi connectivity index (χ1n) is 5.41. The fraction of sp³-hybridized carbons (Fsp3) is 0.909. The summed E-state index contributed by atoms with van der Waals surface area (Å²) in [7, 11) is 0. The average Bonchev–Trinajstić information content (AvgIpc) is 2.20. The van der Waals surface area contributed by atoms with Crippen LogP contribution in [0.25, 0.3) is 0 Å². The summed E-state index contributed by atoms with van der Waals surface area (Å²) in [6.07, 6.45) is 7.16. The van der Waals surface area contributed by atoms with Crippen molar-refractivity contribution in [2.45, 2.75) is 52.0 Å². The zero-order valence-electron chi connectivity index (χ0n) is 8.97. The highest BCUT2D eigenvalue weighted by molar-refractivity contribution is 4.55. The number of likely N-dealkylation sites (tertiary alicyclic amines) is 1. The van der Waals surface area contributed by atoms with Crippen LogP contribution in [0.15, 0.2) is 0 Å². The molecule has 0 radical (unpaired) electrons. The Morgan fingerprint density at radius 1 is 1.38 bits per heavy atom. The molecule has 0 aromatic rings. The molecule has 2 unspecified atom stereocenters. The predicted octanol–water partition coefficient (Wildman–Crippen LogP) is 1.34. The van der Waals surface area contributed by atoms with E-state index in [1.54, 1.807) is 0 Å². The third kappa shape index (κ3) is 4.90. The largest absolute Gasteiger partial charge is 0.512 e. The number of nitrogens with one attached hydrogen (secondary N) is 1. The highest BCUT2D eigenvalue weighted by Gasteiger charge is 2.20. The van der Waals surface area contributed by atoms with Crippen molar-refractivity contribution in [1.82, 2.24) is 0 Å². The van der Waals surface area contributed by atoms with Crippen LogP contribution in [0, 0.1) is 11.8 Å². The third-order valence-corrected chi connectivity index (χ3v) is 2.93. The summed E-state index contributed by atoms with van der Waals surface area (Å²) in [5.74, 6) is 0. The Hall–Kier alpha value is -0.550. The standard InChI is InChI=1S/C10H21N.CN/c1-3-4-8-11-9-6-5-7-10(11)2;1-2/h10H,3-9H2,1-2H3;/q;-1/p+1. The van der Waals surface area contributed by atoms with Gasteiger partial charge in [0, 0.05) is 0 Å². The van der Waals surface area contributed by atoms with Crippen LogP contribution in [0.3, 0.4) is 0 Å². The molecule has 2 heteroatoms. The molecule has 0 spiro atoms. The summed E-state index contributed by atoms with van der Waals surface area (Å²) in [6.45, 7) is 12.3. The Labute approximate surface area is 82.5 Å². The number of rotatable bonds is 3. The Balaban J connectivity index is 0.000000671. The summed E-state index contributed by atoms with van der Waals surface area (Å²) in [6, 6.07) is 0.940. The zero-order valence-corrected chi connectivity index (χ0v) is 8.97. The van der Waals surface area contributed by atoms with E-state index in [-0.39, 0.29) is 0 Å². The van der Waals surface area contributed by atoms with Crippen molar-refractivity contribution in [3.05, 3.63) is 6.57 Å². The topological polar surface area (TPSA) is 28.2 Å². The van der Waals surface area contributed by atoms with Gasteiger partial charge in [0.2, 0.25) is 0 Å². The summed E-state index contributed by atoms with van der Waals surface area (Å²) in [5, 5.41) is 6.25. The quantitative estimate of drug-likeness (QED) is 0.655. The maximum Gasteiger partial charge on any atom is 0.0846 e. The van der Waals surface area contributed by atoms with Crippen LogP contribution in [-0.2, 0) is 0 Å². The van der Waals surface area contributed by atoms with E-state index in [0.29, 0.717) is 0 Å². The van der Waals surface area contributed by atoms with Crippen LogP contribution in [-0.4, -0.2) is 19.1 Å². The molecule has 0 amide bonds. The van der Waals surface area contributed by atoms with Crippen LogP contribution in [0.5, 0.6) is 0 Å². The van der Waals surface area contributed by atoms with Crippen molar-refractivity contribution in [1.29, 1.82) is 5.26 Å². The lowest BCUT2D eigenvalue weighted by atomic mass is 10.0. The van der Waals surface area contributed by atoms with Crippen molar-refractivity contribution in [2.75, 3.05) is 13.1 Å². The van der Waals surface area contributed by atoms with Gasteiger partial charge >= 0.3 is 0 Å². The van der Waals surface area contributed by atoms with Gasteiger partial charge in [-0.15, -0.1) is 0 Å². The lowest BCUT2D eigenvalue weighted by Gasteiger charge is -2.30. The molecule has 0 saturated carbocycles. The minimum atomic E-state index is 0.940. The number of hydrogen-bond acceptors (Lipinski definition) is 1. The van der Waals surface area contributed by atoms with E-state index in [0.717, 1.165) is 6.04 Å². The maximum atomic E-state index is 6.25. The van der Waals surface area contributed by atoms with Gasteiger partial charge in [-0.3, -0.25) is 0 Å². The fourth-order valence-corrected chi connectivity index (χ4v) is 2.03. The van der Waals surface area contributed by atoms with Gasteiger partial charge in [-0.25, -0.2) is 0 Å². The van der Waals surface area contributed by atoms with Crippen LogP contribution in [0.4, 0.5) is 0 Å². The van der Waals surface area contributed by atoms with Crippen LogP contribution < -0.4 is 4.90 Å². The number of piperidine rings is 1. The van der Waals surface area contributed by atoms with Gasteiger partial charge in [-0.1, -0.05) is 13.3 Å². The van der Waals surface area contributed by atoms with E-state index in [2.05, 4.69) is 13.8 Å². The van der Waals surface area contributed by atoms with E-state index in [9.17, 15) is 0 Å². The molecule has 0 aromatic carbocycles. The van der Waals surface area contributed by atoms with Crippen LogP contribution >= 0.6 is 0 Å². The normalized spacial score (nSPS) is 27.4. The van der Waals surface area contributed by atoms with Gasteiger partial charge in [0.05, 0.1) is 19.1 Å². The van der Waals surface area contributed by atoms with Gasteiger partial charge in [-0.05, 0) is 32.6 Å². The van der Waals surface area contributed by atoms with E-state index in [1.807, 2.05) is 4.90 Å². The summed E-state index contributed by atoms with van der Waals surface area (Å²) < 4.78 is 0. The molecule has 0 aromatic heterocycles.